The Hall–Kier alpha value is -3.99. The first kappa shape index (κ1) is 24.1. The van der Waals surface area contributed by atoms with E-state index < -0.39 is 29.6 Å². The lowest BCUT2D eigenvalue weighted by Gasteiger charge is -2.14. The number of pyridine rings is 1. The maximum Gasteiger partial charge on any atom is 0.416 e. The minimum absolute atomic E-state index is 0.0537. The van der Waals surface area contributed by atoms with Crippen LogP contribution in [0.1, 0.15) is 39.6 Å². The summed E-state index contributed by atoms with van der Waals surface area (Å²) in [6, 6.07) is 10.1. The third kappa shape index (κ3) is 5.24. The summed E-state index contributed by atoms with van der Waals surface area (Å²) >= 11 is 0. The fourth-order valence-electron chi connectivity index (χ4n) is 3.68. The molecule has 2 heterocycles. The summed E-state index contributed by atoms with van der Waals surface area (Å²) in [4.78, 5) is 16.8. The number of anilines is 1. The van der Waals surface area contributed by atoms with Gasteiger partial charge in [0.25, 0.3) is 5.91 Å². The Morgan fingerprint density at radius 1 is 1.17 bits per heavy atom. The molecule has 182 valence electrons. The van der Waals surface area contributed by atoms with E-state index in [1.54, 1.807) is 25.3 Å². The summed E-state index contributed by atoms with van der Waals surface area (Å²) in [6.45, 7) is 1.65. The number of hydrogen-bond acceptors (Lipinski definition) is 5. The van der Waals surface area contributed by atoms with Crippen LogP contribution in [-0.2, 0) is 6.18 Å². The summed E-state index contributed by atoms with van der Waals surface area (Å²) in [5.41, 5.74) is 6.83. The number of aliphatic hydroxyl groups is 1. The molecule has 11 heteroatoms. The predicted octanol–water partition coefficient (Wildman–Crippen LogP) is 4.30. The van der Waals surface area contributed by atoms with E-state index in [-0.39, 0.29) is 30.0 Å². The van der Waals surface area contributed by atoms with Crippen LogP contribution in [0.15, 0.2) is 54.7 Å². The van der Waals surface area contributed by atoms with Crippen molar-refractivity contribution in [1.29, 1.82) is 0 Å². The average Bonchev–Trinajstić information content (AvgIpc) is 3.17. The van der Waals surface area contributed by atoms with Crippen LogP contribution < -0.4 is 11.1 Å². The Bertz CT molecular complexity index is 1380. The molecule has 1 amide bonds. The average molecular weight is 487 g/mol. The molecule has 4 N–H and O–H groups in total. The van der Waals surface area contributed by atoms with Crippen LogP contribution in [0.3, 0.4) is 0 Å². The molecule has 0 radical (unpaired) electrons. The van der Waals surface area contributed by atoms with Crippen molar-refractivity contribution in [2.45, 2.75) is 25.6 Å². The van der Waals surface area contributed by atoms with Crippen molar-refractivity contribution >= 4 is 17.5 Å². The van der Waals surface area contributed by atoms with E-state index in [1.165, 1.54) is 28.8 Å². The van der Waals surface area contributed by atoms with Gasteiger partial charge in [0, 0.05) is 23.9 Å². The summed E-state index contributed by atoms with van der Waals surface area (Å²) in [5, 5.41) is 16.9. The zero-order valence-electron chi connectivity index (χ0n) is 18.5. The van der Waals surface area contributed by atoms with Gasteiger partial charge >= 0.3 is 6.18 Å². The second-order valence-corrected chi connectivity index (χ2v) is 8.02. The molecular formula is C24H21F4N5O2. The quantitative estimate of drug-likeness (QED) is 0.352. The summed E-state index contributed by atoms with van der Waals surface area (Å²) in [5.74, 6) is -0.921. The number of aromatic nitrogens is 3. The van der Waals surface area contributed by atoms with Gasteiger partial charge in [-0.15, -0.1) is 5.10 Å². The number of carbonyl (C=O) groups excluding carboxylic acids is 1. The lowest BCUT2D eigenvalue weighted by molar-refractivity contribution is -0.137. The van der Waals surface area contributed by atoms with Crippen LogP contribution >= 0.6 is 0 Å². The monoisotopic (exact) mass is 487 g/mol. The first-order chi connectivity index (χ1) is 16.5. The largest absolute Gasteiger partial charge is 0.416 e. The minimum Gasteiger partial charge on any atom is -0.388 e. The molecule has 1 unspecified atom stereocenters. The number of benzene rings is 2. The number of carbonyl (C=O) groups is 1. The predicted molar refractivity (Wildman–Crippen MR) is 121 cm³/mol. The number of nitrogens with two attached hydrogens (primary N) is 1. The van der Waals surface area contributed by atoms with Crippen molar-refractivity contribution < 1.29 is 27.5 Å². The topological polar surface area (TPSA) is 106 Å². The number of alkyl halides is 3. The number of amides is 1. The maximum absolute atomic E-state index is 14.7. The number of aliphatic hydroxyl groups excluding tert-OH is 1. The number of aryl methyl sites for hydroxylation is 1. The fourth-order valence-corrected chi connectivity index (χ4v) is 3.68. The Morgan fingerprint density at radius 3 is 2.57 bits per heavy atom. The molecular weight excluding hydrogens is 466 g/mol. The summed E-state index contributed by atoms with van der Waals surface area (Å²) in [7, 11) is 0. The minimum atomic E-state index is -4.46. The van der Waals surface area contributed by atoms with Crippen molar-refractivity contribution in [2.24, 2.45) is 0 Å². The third-order valence-corrected chi connectivity index (χ3v) is 5.55. The fraction of sp³-hybridized carbons (Fsp3) is 0.208. The molecule has 2 aromatic heterocycles. The van der Waals surface area contributed by atoms with Crippen molar-refractivity contribution in [2.75, 3.05) is 12.3 Å². The van der Waals surface area contributed by atoms with E-state index in [0.29, 0.717) is 22.3 Å². The smallest absolute Gasteiger partial charge is 0.388 e. The molecule has 35 heavy (non-hydrogen) atoms. The molecule has 1 atom stereocenters. The summed E-state index contributed by atoms with van der Waals surface area (Å²) < 4.78 is 54.3. The molecule has 0 aliphatic heterocycles. The third-order valence-electron chi connectivity index (χ3n) is 5.55. The zero-order chi connectivity index (χ0) is 25.3. The lowest BCUT2D eigenvalue weighted by atomic mass is 9.99. The van der Waals surface area contributed by atoms with E-state index >= 15 is 0 Å². The van der Waals surface area contributed by atoms with E-state index in [2.05, 4.69) is 15.4 Å². The van der Waals surface area contributed by atoms with Crippen molar-refractivity contribution in [3.8, 4) is 11.1 Å². The molecule has 0 spiro atoms. The van der Waals surface area contributed by atoms with Gasteiger partial charge in [-0.2, -0.15) is 18.2 Å². The summed E-state index contributed by atoms with van der Waals surface area (Å²) in [6.07, 6.45) is -3.87. The van der Waals surface area contributed by atoms with Crippen LogP contribution in [0.4, 0.5) is 23.5 Å². The number of halogens is 4. The molecule has 0 bridgehead atoms. The van der Waals surface area contributed by atoms with E-state index in [0.717, 1.165) is 12.1 Å². The number of hydrogen-bond donors (Lipinski definition) is 3. The van der Waals surface area contributed by atoms with Gasteiger partial charge in [0.1, 0.15) is 5.82 Å². The van der Waals surface area contributed by atoms with Crippen LogP contribution in [-0.4, -0.2) is 32.2 Å². The molecule has 0 fully saturated rings. The molecule has 0 aliphatic carbocycles. The van der Waals surface area contributed by atoms with E-state index in [4.69, 9.17) is 5.73 Å². The number of nitrogen functional groups attached to an aromatic ring is 1. The number of nitrogens with one attached hydrogen (secondary N) is 1. The van der Waals surface area contributed by atoms with Gasteiger partial charge in [-0.3, -0.25) is 4.79 Å². The maximum atomic E-state index is 14.7. The molecule has 4 rings (SSSR count). The first-order valence-electron chi connectivity index (χ1n) is 10.6. The Labute approximate surface area is 197 Å². The molecule has 0 saturated heterocycles. The Kier molecular flexibility index (Phi) is 6.44. The van der Waals surface area contributed by atoms with E-state index in [1.807, 2.05) is 0 Å². The van der Waals surface area contributed by atoms with Gasteiger partial charge in [0.05, 0.1) is 11.7 Å². The first-order valence-corrected chi connectivity index (χ1v) is 10.6. The van der Waals surface area contributed by atoms with Crippen LogP contribution in [0, 0.1) is 12.7 Å². The number of rotatable bonds is 6. The lowest BCUT2D eigenvalue weighted by Crippen LogP contribution is -2.26. The highest BCUT2D eigenvalue weighted by molar-refractivity contribution is 5.97. The van der Waals surface area contributed by atoms with Gasteiger partial charge in [0.15, 0.2) is 5.65 Å². The SMILES string of the molecule is Cc1cc(F)c(-c2ccn3nc(N)nc3c2)cc1C(=O)NCCC(O)c1ccc(C(F)(F)F)cc1. The normalized spacial score (nSPS) is 12.6. The van der Waals surface area contributed by atoms with Gasteiger partial charge in [0.2, 0.25) is 5.95 Å². The van der Waals surface area contributed by atoms with Crippen molar-refractivity contribution in [3.63, 3.8) is 0 Å². The number of fused-ring (bicyclic) bond motifs is 1. The highest BCUT2D eigenvalue weighted by Gasteiger charge is 2.30. The molecule has 0 saturated carbocycles. The molecule has 4 aromatic rings. The highest BCUT2D eigenvalue weighted by Crippen LogP contribution is 2.30. The van der Waals surface area contributed by atoms with Crippen molar-refractivity contribution in [1.82, 2.24) is 19.9 Å². The Balaban J connectivity index is 1.45. The molecule has 0 aliphatic rings. The Morgan fingerprint density at radius 2 is 1.89 bits per heavy atom. The van der Waals surface area contributed by atoms with Gasteiger partial charge < -0.3 is 16.2 Å². The molecule has 7 nitrogen and oxygen atoms in total. The van der Waals surface area contributed by atoms with Gasteiger partial charge in [-0.25, -0.2) is 8.91 Å². The van der Waals surface area contributed by atoms with Crippen molar-refractivity contribution in [3.05, 3.63) is 82.8 Å². The van der Waals surface area contributed by atoms with Gasteiger partial charge in [-0.05, 0) is 66.4 Å². The standard InChI is InChI=1S/C24H21F4N5O2/c1-13-10-19(25)18(15-7-9-33-21(11-15)31-23(29)32-33)12-17(13)22(35)30-8-6-20(34)14-2-4-16(5-3-14)24(26,27)28/h2-5,7,9-12,20,34H,6,8H2,1H3,(H2,29,32)(H,30,35). The number of nitrogens with zero attached hydrogens (tertiary/aromatic N) is 3. The second-order valence-electron chi connectivity index (χ2n) is 8.02. The molecule has 2 aromatic carbocycles. The highest BCUT2D eigenvalue weighted by atomic mass is 19.4. The zero-order valence-corrected chi connectivity index (χ0v) is 18.5. The van der Waals surface area contributed by atoms with E-state index in [9.17, 15) is 27.5 Å². The van der Waals surface area contributed by atoms with Crippen LogP contribution in [0.5, 0.6) is 0 Å². The van der Waals surface area contributed by atoms with Gasteiger partial charge in [-0.1, -0.05) is 12.1 Å². The van der Waals surface area contributed by atoms with Crippen LogP contribution in [0.2, 0.25) is 0 Å². The van der Waals surface area contributed by atoms with Crippen LogP contribution in [0.25, 0.3) is 16.8 Å². The second kappa shape index (κ2) is 9.34.